The number of anilines is 1. The number of benzene rings is 1. The molecule has 0 fully saturated rings. The Morgan fingerprint density at radius 1 is 1.22 bits per heavy atom. The Hall–Kier alpha value is -3.22. The van der Waals surface area contributed by atoms with Crippen LogP contribution >= 0.6 is 0 Å². The van der Waals surface area contributed by atoms with Crippen molar-refractivity contribution in [2.75, 3.05) is 18.7 Å². The van der Waals surface area contributed by atoms with Crippen LogP contribution in [0.5, 0.6) is 11.5 Å². The highest BCUT2D eigenvalue weighted by molar-refractivity contribution is 5.94. The number of rotatable bonds is 5. The van der Waals surface area contributed by atoms with Crippen LogP contribution < -0.4 is 14.8 Å². The van der Waals surface area contributed by atoms with E-state index in [0.717, 1.165) is 0 Å². The first-order valence-electron chi connectivity index (χ1n) is 6.78. The highest BCUT2D eigenvalue weighted by Gasteiger charge is 2.14. The van der Waals surface area contributed by atoms with Gasteiger partial charge in [-0.25, -0.2) is 4.79 Å². The second-order valence-corrected chi connectivity index (χ2v) is 4.57. The summed E-state index contributed by atoms with van der Waals surface area (Å²) in [5, 5.41) is 2.60. The molecule has 7 nitrogen and oxygen atoms in total. The molecule has 0 bridgehead atoms. The second kappa shape index (κ2) is 6.69. The zero-order valence-electron chi connectivity index (χ0n) is 12.0. The molecule has 0 atom stereocenters. The Bertz CT molecular complexity index is 735. The number of carbonyl (C=O) groups is 2. The summed E-state index contributed by atoms with van der Waals surface area (Å²) in [6.07, 6.45) is 4.13. The van der Waals surface area contributed by atoms with Crippen molar-refractivity contribution in [3.8, 4) is 11.5 Å². The van der Waals surface area contributed by atoms with Crippen LogP contribution in [0.4, 0.5) is 5.69 Å². The molecule has 1 amide bonds. The van der Waals surface area contributed by atoms with Crippen molar-refractivity contribution >= 4 is 23.6 Å². The molecule has 1 aromatic heterocycles. The van der Waals surface area contributed by atoms with Gasteiger partial charge in [-0.05, 0) is 30.3 Å². The molecule has 0 radical (unpaired) electrons. The van der Waals surface area contributed by atoms with Crippen LogP contribution in [0.2, 0.25) is 0 Å². The third kappa shape index (κ3) is 3.91. The Balaban J connectivity index is 1.47. The van der Waals surface area contributed by atoms with Gasteiger partial charge in [0, 0.05) is 17.8 Å². The van der Waals surface area contributed by atoms with Gasteiger partial charge in [-0.2, -0.15) is 0 Å². The molecule has 0 saturated heterocycles. The van der Waals surface area contributed by atoms with E-state index in [2.05, 4.69) is 5.32 Å². The predicted molar refractivity (Wildman–Crippen MR) is 79.9 cm³/mol. The highest BCUT2D eigenvalue weighted by atomic mass is 16.7. The molecule has 2 heterocycles. The van der Waals surface area contributed by atoms with E-state index in [1.807, 2.05) is 0 Å². The first kappa shape index (κ1) is 14.7. The lowest BCUT2D eigenvalue weighted by Crippen LogP contribution is -2.20. The minimum atomic E-state index is -0.637. The maximum atomic E-state index is 11.7. The SMILES string of the molecule is O=C(COC(=O)/C=C/c1ccco1)Nc1ccc2c(c1)OCO2. The van der Waals surface area contributed by atoms with Gasteiger partial charge >= 0.3 is 5.97 Å². The first-order valence-corrected chi connectivity index (χ1v) is 6.78. The molecule has 118 valence electrons. The summed E-state index contributed by atoms with van der Waals surface area (Å²) in [6.45, 7) is -0.234. The molecular weight excluding hydrogens is 302 g/mol. The molecular formula is C16H13NO6. The smallest absolute Gasteiger partial charge is 0.331 e. The molecule has 0 aliphatic carbocycles. The summed E-state index contributed by atoms with van der Waals surface area (Å²) in [4.78, 5) is 23.2. The molecule has 0 unspecified atom stereocenters. The lowest BCUT2D eigenvalue weighted by Gasteiger charge is -2.06. The van der Waals surface area contributed by atoms with Crippen LogP contribution in [0.1, 0.15) is 5.76 Å². The van der Waals surface area contributed by atoms with Crippen molar-refractivity contribution in [3.63, 3.8) is 0 Å². The van der Waals surface area contributed by atoms with E-state index in [0.29, 0.717) is 22.9 Å². The summed E-state index contributed by atoms with van der Waals surface area (Å²) >= 11 is 0. The van der Waals surface area contributed by atoms with Crippen LogP contribution in [-0.2, 0) is 14.3 Å². The van der Waals surface area contributed by atoms with Crippen molar-refractivity contribution < 1.29 is 28.2 Å². The van der Waals surface area contributed by atoms with Crippen molar-refractivity contribution in [1.82, 2.24) is 0 Å². The molecule has 0 spiro atoms. The largest absolute Gasteiger partial charge is 0.465 e. The fourth-order valence-corrected chi connectivity index (χ4v) is 1.89. The molecule has 1 aliphatic rings. The quantitative estimate of drug-likeness (QED) is 0.672. The van der Waals surface area contributed by atoms with E-state index in [1.165, 1.54) is 18.4 Å². The third-order valence-corrected chi connectivity index (χ3v) is 2.93. The topological polar surface area (TPSA) is 87.0 Å². The fourth-order valence-electron chi connectivity index (χ4n) is 1.89. The van der Waals surface area contributed by atoms with E-state index < -0.39 is 18.5 Å². The van der Waals surface area contributed by atoms with E-state index in [-0.39, 0.29) is 6.79 Å². The van der Waals surface area contributed by atoms with Crippen molar-refractivity contribution in [2.24, 2.45) is 0 Å². The standard InChI is InChI=1S/C16H13NO6/c18-15(9-21-16(19)6-4-12-2-1-7-20-12)17-11-3-5-13-14(8-11)23-10-22-13/h1-8H,9-10H2,(H,17,18)/b6-4+. The zero-order valence-corrected chi connectivity index (χ0v) is 12.0. The Labute approximate surface area is 131 Å². The van der Waals surface area contributed by atoms with Gasteiger partial charge in [-0.15, -0.1) is 0 Å². The van der Waals surface area contributed by atoms with Gasteiger partial charge in [-0.1, -0.05) is 0 Å². The fraction of sp³-hybridized carbons (Fsp3) is 0.125. The van der Waals surface area contributed by atoms with Gasteiger partial charge in [-0.3, -0.25) is 4.79 Å². The number of ether oxygens (including phenoxy) is 3. The summed E-state index contributed by atoms with van der Waals surface area (Å²) in [5.74, 6) is 0.608. The van der Waals surface area contributed by atoms with Gasteiger partial charge in [0.2, 0.25) is 6.79 Å². The maximum absolute atomic E-state index is 11.7. The van der Waals surface area contributed by atoms with Gasteiger partial charge in [0.05, 0.1) is 6.26 Å². The van der Waals surface area contributed by atoms with E-state index in [4.69, 9.17) is 18.6 Å². The number of fused-ring (bicyclic) bond motifs is 1. The number of hydrogen-bond acceptors (Lipinski definition) is 6. The van der Waals surface area contributed by atoms with Crippen molar-refractivity contribution in [3.05, 3.63) is 48.4 Å². The van der Waals surface area contributed by atoms with Crippen molar-refractivity contribution in [1.29, 1.82) is 0 Å². The number of furan rings is 1. The molecule has 1 aromatic carbocycles. The van der Waals surface area contributed by atoms with E-state index in [1.54, 1.807) is 30.3 Å². The Morgan fingerprint density at radius 3 is 2.91 bits per heavy atom. The summed E-state index contributed by atoms with van der Waals surface area (Å²) < 4.78 is 20.2. The van der Waals surface area contributed by atoms with Gasteiger partial charge in [0.1, 0.15) is 5.76 Å². The minimum Gasteiger partial charge on any atom is -0.465 e. The average Bonchev–Trinajstić information content (AvgIpc) is 3.21. The van der Waals surface area contributed by atoms with Crippen LogP contribution in [0.3, 0.4) is 0 Å². The van der Waals surface area contributed by atoms with Crippen LogP contribution in [0, 0.1) is 0 Å². The second-order valence-electron chi connectivity index (χ2n) is 4.57. The molecule has 23 heavy (non-hydrogen) atoms. The minimum absolute atomic E-state index is 0.159. The van der Waals surface area contributed by atoms with Crippen LogP contribution in [-0.4, -0.2) is 25.3 Å². The average molecular weight is 315 g/mol. The van der Waals surface area contributed by atoms with Crippen LogP contribution in [0.15, 0.2) is 47.1 Å². The molecule has 7 heteroatoms. The van der Waals surface area contributed by atoms with Gasteiger partial charge < -0.3 is 23.9 Å². The maximum Gasteiger partial charge on any atom is 0.331 e. The zero-order chi connectivity index (χ0) is 16.1. The third-order valence-electron chi connectivity index (χ3n) is 2.93. The number of amides is 1. The van der Waals surface area contributed by atoms with Gasteiger partial charge in [0.25, 0.3) is 5.91 Å². The summed E-state index contributed by atoms with van der Waals surface area (Å²) in [7, 11) is 0. The number of carbonyl (C=O) groups excluding carboxylic acids is 2. The van der Waals surface area contributed by atoms with Crippen molar-refractivity contribution in [2.45, 2.75) is 0 Å². The predicted octanol–water partition coefficient (Wildman–Crippen LogP) is 2.20. The molecule has 1 N–H and O–H groups in total. The lowest BCUT2D eigenvalue weighted by atomic mass is 10.3. The highest BCUT2D eigenvalue weighted by Crippen LogP contribution is 2.34. The van der Waals surface area contributed by atoms with E-state index in [9.17, 15) is 9.59 Å². The molecule has 3 rings (SSSR count). The van der Waals surface area contributed by atoms with Gasteiger partial charge in [0.15, 0.2) is 18.1 Å². The molecule has 0 saturated carbocycles. The molecule has 1 aliphatic heterocycles. The lowest BCUT2D eigenvalue weighted by molar-refractivity contribution is -0.142. The van der Waals surface area contributed by atoms with E-state index >= 15 is 0 Å². The first-order chi connectivity index (χ1) is 11.2. The Morgan fingerprint density at radius 2 is 2.09 bits per heavy atom. The number of nitrogens with one attached hydrogen (secondary N) is 1. The Kier molecular flexibility index (Phi) is 4.28. The number of hydrogen-bond donors (Lipinski definition) is 1. The summed E-state index contributed by atoms with van der Waals surface area (Å²) in [5.41, 5.74) is 0.529. The summed E-state index contributed by atoms with van der Waals surface area (Å²) in [6, 6.07) is 8.39. The number of esters is 1. The normalized spacial score (nSPS) is 12.3. The van der Waals surface area contributed by atoms with Crippen LogP contribution in [0.25, 0.3) is 6.08 Å². The molecule has 2 aromatic rings. The monoisotopic (exact) mass is 315 g/mol.